The minimum Gasteiger partial charge on any atom is -0.496 e. The summed E-state index contributed by atoms with van der Waals surface area (Å²) in [6, 6.07) is 8.66. The van der Waals surface area contributed by atoms with Crippen LogP contribution in [0.1, 0.15) is 11.1 Å². The summed E-state index contributed by atoms with van der Waals surface area (Å²) >= 11 is 3.35. The van der Waals surface area contributed by atoms with Crippen molar-refractivity contribution in [3.8, 4) is 5.75 Å². The Morgan fingerprint density at radius 2 is 1.93 bits per heavy atom. The molecule has 0 bridgehead atoms. The van der Waals surface area contributed by atoms with Gasteiger partial charge in [0.2, 0.25) is 5.91 Å². The number of carbonyl (C=O) groups is 1. The van der Waals surface area contributed by atoms with E-state index in [-0.39, 0.29) is 5.69 Å². The first-order chi connectivity index (χ1) is 14.3. The van der Waals surface area contributed by atoms with E-state index in [1.807, 2.05) is 4.90 Å². The van der Waals surface area contributed by atoms with E-state index < -0.39 is 17.6 Å². The zero-order valence-electron chi connectivity index (χ0n) is 16.1. The van der Waals surface area contributed by atoms with Crippen molar-refractivity contribution in [2.24, 2.45) is 0 Å². The molecule has 3 rings (SSSR count). The molecule has 1 aliphatic rings. The predicted octanol–water partition coefficient (Wildman–Crippen LogP) is 4.97. The molecular formula is C21H20BrF3N2O3. The Bertz CT molecular complexity index is 942. The van der Waals surface area contributed by atoms with E-state index in [0.717, 1.165) is 16.6 Å². The van der Waals surface area contributed by atoms with E-state index in [1.165, 1.54) is 19.3 Å². The van der Waals surface area contributed by atoms with Gasteiger partial charge in [0.1, 0.15) is 5.75 Å². The van der Waals surface area contributed by atoms with Gasteiger partial charge in [-0.2, -0.15) is 13.2 Å². The number of hydrogen-bond donors (Lipinski definition) is 1. The van der Waals surface area contributed by atoms with E-state index in [1.54, 1.807) is 24.3 Å². The van der Waals surface area contributed by atoms with Crippen molar-refractivity contribution in [3.63, 3.8) is 0 Å². The van der Waals surface area contributed by atoms with Crippen LogP contribution in [0.4, 0.5) is 24.5 Å². The molecule has 9 heteroatoms. The lowest BCUT2D eigenvalue weighted by Gasteiger charge is -2.30. The molecule has 5 nitrogen and oxygen atoms in total. The van der Waals surface area contributed by atoms with Crippen LogP contribution >= 0.6 is 15.9 Å². The number of halogens is 4. The smallest absolute Gasteiger partial charge is 0.416 e. The molecule has 0 aromatic heterocycles. The monoisotopic (exact) mass is 484 g/mol. The van der Waals surface area contributed by atoms with E-state index >= 15 is 0 Å². The Labute approximate surface area is 180 Å². The number of nitrogens with one attached hydrogen (secondary N) is 1. The number of nitrogens with zero attached hydrogens (tertiary/aromatic N) is 1. The second-order valence-corrected chi connectivity index (χ2v) is 7.45. The molecule has 1 N–H and O–H groups in total. The number of morpholine rings is 1. The largest absolute Gasteiger partial charge is 0.496 e. The van der Waals surface area contributed by atoms with E-state index in [0.29, 0.717) is 43.3 Å². The van der Waals surface area contributed by atoms with Crippen LogP contribution < -0.4 is 15.0 Å². The number of rotatable bonds is 5. The van der Waals surface area contributed by atoms with Gasteiger partial charge < -0.3 is 19.7 Å². The summed E-state index contributed by atoms with van der Waals surface area (Å²) < 4.78 is 50.9. The van der Waals surface area contributed by atoms with Crippen LogP contribution in [0.3, 0.4) is 0 Å². The molecule has 0 unspecified atom stereocenters. The standard InChI is InChI=1S/C21H20BrF3N2O3/c1-29-19-6-4-16(22)12-14(19)2-7-20(28)26-17-13-15(21(23,24)25)3-5-18(17)27-8-10-30-11-9-27/h2-7,12-13H,8-11H2,1H3,(H,26,28)/b7-2+. The van der Waals surface area contributed by atoms with Gasteiger partial charge in [0.05, 0.1) is 37.3 Å². The average Bonchev–Trinajstić information content (AvgIpc) is 2.72. The Kier molecular flexibility index (Phi) is 7.04. The van der Waals surface area contributed by atoms with Gasteiger partial charge in [0.25, 0.3) is 0 Å². The number of methoxy groups -OCH3 is 1. The molecule has 1 aliphatic heterocycles. The molecule has 1 amide bonds. The fourth-order valence-corrected chi connectivity index (χ4v) is 3.45. The van der Waals surface area contributed by atoms with E-state index in [4.69, 9.17) is 9.47 Å². The third-order valence-corrected chi connectivity index (χ3v) is 5.03. The van der Waals surface area contributed by atoms with Crippen LogP contribution in [0.5, 0.6) is 5.75 Å². The average molecular weight is 485 g/mol. The number of benzene rings is 2. The third-order valence-electron chi connectivity index (χ3n) is 4.54. The molecule has 30 heavy (non-hydrogen) atoms. The number of amides is 1. The molecule has 1 heterocycles. The Morgan fingerprint density at radius 1 is 1.20 bits per heavy atom. The summed E-state index contributed by atoms with van der Waals surface area (Å²) in [5.41, 5.74) is 0.447. The number of ether oxygens (including phenoxy) is 2. The first-order valence-electron chi connectivity index (χ1n) is 9.14. The van der Waals surface area contributed by atoms with Gasteiger partial charge in [-0.05, 0) is 42.5 Å². The maximum atomic E-state index is 13.2. The van der Waals surface area contributed by atoms with Crippen LogP contribution in [0.25, 0.3) is 6.08 Å². The van der Waals surface area contributed by atoms with Gasteiger partial charge in [-0.3, -0.25) is 4.79 Å². The zero-order valence-corrected chi connectivity index (χ0v) is 17.7. The van der Waals surface area contributed by atoms with Crippen LogP contribution in [-0.2, 0) is 15.7 Å². The first kappa shape index (κ1) is 22.2. The van der Waals surface area contributed by atoms with Crippen LogP contribution in [0, 0.1) is 0 Å². The maximum Gasteiger partial charge on any atom is 0.416 e. The van der Waals surface area contributed by atoms with Crippen LogP contribution in [-0.4, -0.2) is 39.3 Å². The molecule has 2 aromatic carbocycles. The molecule has 1 saturated heterocycles. The van der Waals surface area contributed by atoms with E-state index in [2.05, 4.69) is 21.2 Å². The Morgan fingerprint density at radius 3 is 2.60 bits per heavy atom. The molecule has 160 valence electrons. The van der Waals surface area contributed by atoms with Crippen molar-refractivity contribution in [1.82, 2.24) is 0 Å². The first-order valence-corrected chi connectivity index (χ1v) is 9.94. The highest BCUT2D eigenvalue weighted by atomic mass is 79.9. The van der Waals surface area contributed by atoms with Crippen LogP contribution in [0.2, 0.25) is 0 Å². The lowest BCUT2D eigenvalue weighted by atomic mass is 10.1. The second kappa shape index (κ2) is 9.53. The van der Waals surface area contributed by atoms with Crippen molar-refractivity contribution in [3.05, 3.63) is 58.1 Å². The fourth-order valence-electron chi connectivity index (χ4n) is 3.07. The minimum absolute atomic E-state index is 0.0996. The summed E-state index contributed by atoms with van der Waals surface area (Å²) in [5.74, 6) is 0.0150. The predicted molar refractivity (Wildman–Crippen MR) is 113 cm³/mol. The van der Waals surface area contributed by atoms with Gasteiger partial charge in [-0.1, -0.05) is 15.9 Å². The normalized spacial score (nSPS) is 14.8. The quantitative estimate of drug-likeness (QED) is 0.609. The van der Waals surface area contributed by atoms with E-state index in [9.17, 15) is 18.0 Å². The van der Waals surface area contributed by atoms with Gasteiger partial charge in [-0.25, -0.2) is 0 Å². The third kappa shape index (κ3) is 5.54. The number of carbonyl (C=O) groups excluding carboxylic acids is 1. The summed E-state index contributed by atoms with van der Waals surface area (Å²) in [7, 11) is 1.51. The number of anilines is 2. The lowest BCUT2D eigenvalue weighted by Crippen LogP contribution is -2.36. The van der Waals surface area contributed by atoms with Gasteiger partial charge in [0, 0.05) is 29.2 Å². The summed E-state index contributed by atoms with van der Waals surface area (Å²) in [6.45, 7) is 1.99. The SMILES string of the molecule is COc1ccc(Br)cc1/C=C/C(=O)Nc1cc(C(F)(F)F)ccc1N1CCOCC1. The molecule has 0 atom stereocenters. The minimum atomic E-state index is -4.51. The topological polar surface area (TPSA) is 50.8 Å². The Balaban J connectivity index is 1.86. The zero-order chi connectivity index (χ0) is 21.7. The van der Waals surface area contributed by atoms with Crippen molar-refractivity contribution in [2.75, 3.05) is 43.6 Å². The Hall–Kier alpha value is -2.52. The molecule has 0 saturated carbocycles. The summed E-state index contributed by atoms with van der Waals surface area (Å²) in [6.07, 6.45) is -1.71. The second-order valence-electron chi connectivity index (χ2n) is 6.54. The highest BCUT2D eigenvalue weighted by Gasteiger charge is 2.31. The maximum absolute atomic E-state index is 13.2. The van der Waals surface area contributed by atoms with Gasteiger partial charge in [-0.15, -0.1) is 0 Å². The molecule has 0 spiro atoms. The fraction of sp³-hybridized carbons (Fsp3) is 0.286. The summed E-state index contributed by atoms with van der Waals surface area (Å²) in [5, 5.41) is 2.58. The van der Waals surface area contributed by atoms with Crippen molar-refractivity contribution < 1.29 is 27.4 Å². The molecule has 0 radical (unpaired) electrons. The summed E-state index contributed by atoms with van der Waals surface area (Å²) in [4.78, 5) is 14.4. The number of hydrogen-bond acceptors (Lipinski definition) is 4. The lowest BCUT2D eigenvalue weighted by molar-refractivity contribution is -0.137. The molecule has 2 aromatic rings. The van der Waals surface area contributed by atoms with Crippen molar-refractivity contribution in [2.45, 2.75) is 6.18 Å². The number of alkyl halides is 3. The van der Waals surface area contributed by atoms with Crippen LogP contribution in [0.15, 0.2) is 46.9 Å². The molecule has 0 aliphatic carbocycles. The molecular weight excluding hydrogens is 465 g/mol. The molecule has 1 fully saturated rings. The highest BCUT2D eigenvalue weighted by molar-refractivity contribution is 9.10. The van der Waals surface area contributed by atoms with Crippen molar-refractivity contribution in [1.29, 1.82) is 0 Å². The van der Waals surface area contributed by atoms with Crippen molar-refractivity contribution >= 4 is 39.3 Å². The van der Waals surface area contributed by atoms with Gasteiger partial charge in [0.15, 0.2) is 0 Å². The van der Waals surface area contributed by atoms with Gasteiger partial charge >= 0.3 is 6.18 Å². The highest BCUT2D eigenvalue weighted by Crippen LogP contribution is 2.36.